The Bertz CT molecular complexity index is 551. The maximum Gasteiger partial charge on any atom is 0.274 e. The van der Waals surface area contributed by atoms with E-state index < -0.39 is 11.9 Å². The summed E-state index contributed by atoms with van der Waals surface area (Å²) in [5.41, 5.74) is 11.2. The molecule has 0 radical (unpaired) electrons. The van der Waals surface area contributed by atoms with Crippen LogP contribution < -0.4 is 11.5 Å². The number of nitrogens with two attached hydrogens (primary N) is 2. The molecule has 1 saturated heterocycles. The van der Waals surface area contributed by atoms with Gasteiger partial charge in [-0.15, -0.1) is 0 Å². The summed E-state index contributed by atoms with van der Waals surface area (Å²) in [4.78, 5) is 28.2. The van der Waals surface area contributed by atoms with Crippen LogP contribution in [0.1, 0.15) is 18.5 Å². The van der Waals surface area contributed by atoms with Crippen molar-refractivity contribution in [3.8, 4) is 0 Å². The van der Waals surface area contributed by atoms with Crippen molar-refractivity contribution in [1.29, 1.82) is 0 Å². The molecular weight excluding hydrogens is 268 g/mol. The van der Waals surface area contributed by atoms with Gasteiger partial charge in [0.05, 0.1) is 6.04 Å². The van der Waals surface area contributed by atoms with Crippen LogP contribution in [0.5, 0.6) is 0 Å². The summed E-state index contributed by atoms with van der Waals surface area (Å²) in [5.74, 6) is -1.03. The van der Waals surface area contributed by atoms with Gasteiger partial charge in [0.25, 0.3) is 5.91 Å². The number of carbonyl (C=O) groups excluding carboxylic acids is 2. The predicted molar refractivity (Wildman–Crippen MR) is 71.3 cm³/mol. The van der Waals surface area contributed by atoms with Crippen LogP contribution >= 0.6 is 11.6 Å². The highest BCUT2D eigenvalue weighted by atomic mass is 35.5. The minimum Gasteiger partial charge on any atom is -0.370 e. The smallest absolute Gasteiger partial charge is 0.274 e. The molecular formula is C12H13ClN4O2. The number of amides is 2. The summed E-state index contributed by atoms with van der Waals surface area (Å²) in [7, 11) is 0. The first-order chi connectivity index (χ1) is 8.91. The Hall–Kier alpha value is -2.08. The van der Waals surface area contributed by atoms with E-state index >= 15 is 0 Å². The number of carbonyl (C=O) groups is 2. The summed E-state index contributed by atoms with van der Waals surface area (Å²) < 4.78 is 0. The number of benzene rings is 1. The average molecular weight is 281 g/mol. The summed E-state index contributed by atoms with van der Waals surface area (Å²) >= 11 is 5.80. The van der Waals surface area contributed by atoms with E-state index in [4.69, 9.17) is 23.1 Å². The van der Waals surface area contributed by atoms with Gasteiger partial charge in [-0.25, -0.2) is 0 Å². The quantitative estimate of drug-likeness (QED) is 0.465. The Balaban J connectivity index is 2.25. The molecule has 2 rings (SSSR count). The normalized spacial score (nSPS) is 20.8. The van der Waals surface area contributed by atoms with Crippen molar-refractivity contribution >= 4 is 29.4 Å². The summed E-state index contributed by atoms with van der Waals surface area (Å²) in [6, 6.07) is 5.98. The van der Waals surface area contributed by atoms with Gasteiger partial charge in [-0.05, 0) is 17.7 Å². The zero-order valence-electron chi connectivity index (χ0n) is 10.2. The predicted octanol–water partition coefficient (Wildman–Crippen LogP) is 0.412. The molecule has 1 aliphatic rings. The Kier molecular flexibility index (Phi) is 3.44. The highest BCUT2D eigenvalue weighted by Crippen LogP contribution is 2.44. The lowest BCUT2D eigenvalue weighted by molar-refractivity contribution is -0.127. The van der Waals surface area contributed by atoms with Gasteiger partial charge < -0.3 is 16.4 Å². The number of halogens is 1. The monoisotopic (exact) mass is 280 g/mol. The summed E-state index contributed by atoms with van der Waals surface area (Å²) in [5, 5.41) is 0.589. The lowest BCUT2D eigenvalue weighted by atomic mass is 10.1. The lowest BCUT2D eigenvalue weighted by Gasteiger charge is -1.99. The van der Waals surface area contributed by atoms with Crippen molar-refractivity contribution in [3.63, 3.8) is 0 Å². The standard InChI is InChI=1S/C12H13ClN4O2/c1-6(18)17-9(7-2-4-8(13)5-3-7)10(17)11(19)16-12(14)15/h2-5,9-10H,1H3,(H4,14,15,16,19). The van der Waals surface area contributed by atoms with Crippen LogP contribution in [0.4, 0.5) is 0 Å². The third-order valence-corrected chi connectivity index (χ3v) is 3.13. The second-order valence-corrected chi connectivity index (χ2v) is 4.68. The summed E-state index contributed by atoms with van der Waals surface area (Å²) in [6.07, 6.45) is 0. The van der Waals surface area contributed by atoms with Crippen LogP contribution in [0, 0.1) is 0 Å². The van der Waals surface area contributed by atoms with Crippen molar-refractivity contribution in [3.05, 3.63) is 34.9 Å². The lowest BCUT2D eigenvalue weighted by Crippen LogP contribution is -2.26. The maximum absolute atomic E-state index is 11.8. The average Bonchev–Trinajstić information content (AvgIpc) is 3.04. The molecule has 1 fully saturated rings. The van der Waals surface area contributed by atoms with E-state index in [9.17, 15) is 9.59 Å². The fourth-order valence-electron chi connectivity index (χ4n) is 2.07. The molecule has 0 bridgehead atoms. The number of rotatable bonds is 2. The van der Waals surface area contributed by atoms with Gasteiger partial charge in [0.1, 0.15) is 6.04 Å². The molecule has 2 amide bonds. The van der Waals surface area contributed by atoms with E-state index in [1.165, 1.54) is 11.8 Å². The van der Waals surface area contributed by atoms with Gasteiger partial charge in [0.2, 0.25) is 5.91 Å². The van der Waals surface area contributed by atoms with E-state index in [-0.39, 0.29) is 17.9 Å². The van der Waals surface area contributed by atoms with Gasteiger partial charge in [-0.1, -0.05) is 23.7 Å². The van der Waals surface area contributed by atoms with Crippen molar-refractivity contribution in [2.24, 2.45) is 16.5 Å². The molecule has 0 aromatic heterocycles. The van der Waals surface area contributed by atoms with Crippen molar-refractivity contribution in [1.82, 2.24) is 4.90 Å². The molecule has 4 N–H and O–H groups in total. The molecule has 1 aliphatic heterocycles. The van der Waals surface area contributed by atoms with Crippen LogP contribution in [-0.4, -0.2) is 28.7 Å². The highest BCUT2D eigenvalue weighted by Gasteiger charge is 2.55. The third kappa shape index (κ3) is 2.68. The topological polar surface area (TPSA) is 102 Å². The molecule has 2 unspecified atom stereocenters. The first kappa shape index (κ1) is 13.4. The number of hydrogen-bond acceptors (Lipinski definition) is 2. The molecule has 1 aromatic rings. The Labute approximate surface area is 115 Å². The van der Waals surface area contributed by atoms with E-state index in [0.29, 0.717) is 5.02 Å². The molecule has 6 nitrogen and oxygen atoms in total. The molecule has 1 aromatic carbocycles. The molecule has 1 heterocycles. The number of nitrogens with zero attached hydrogens (tertiary/aromatic N) is 2. The van der Waals surface area contributed by atoms with Crippen LogP contribution in [0.15, 0.2) is 29.3 Å². The fourth-order valence-corrected chi connectivity index (χ4v) is 2.20. The zero-order valence-corrected chi connectivity index (χ0v) is 11.0. The van der Waals surface area contributed by atoms with Crippen LogP contribution in [0.3, 0.4) is 0 Å². The van der Waals surface area contributed by atoms with Gasteiger partial charge in [-0.2, -0.15) is 4.99 Å². The summed E-state index contributed by atoms with van der Waals surface area (Å²) in [6.45, 7) is 1.39. The second-order valence-electron chi connectivity index (χ2n) is 4.24. The molecule has 0 aliphatic carbocycles. The third-order valence-electron chi connectivity index (χ3n) is 2.88. The van der Waals surface area contributed by atoms with Crippen molar-refractivity contribution < 1.29 is 9.59 Å². The minimum atomic E-state index is -0.638. The number of aliphatic imine (C=N–C) groups is 1. The highest BCUT2D eigenvalue weighted by molar-refractivity contribution is 6.30. The Morgan fingerprint density at radius 1 is 1.26 bits per heavy atom. The fraction of sp³-hybridized carbons (Fsp3) is 0.250. The maximum atomic E-state index is 11.8. The van der Waals surface area contributed by atoms with E-state index in [2.05, 4.69) is 4.99 Å². The van der Waals surface area contributed by atoms with E-state index in [1.54, 1.807) is 24.3 Å². The van der Waals surface area contributed by atoms with Crippen LogP contribution in [0.2, 0.25) is 5.02 Å². The van der Waals surface area contributed by atoms with Gasteiger partial charge in [0.15, 0.2) is 5.96 Å². The first-order valence-electron chi connectivity index (χ1n) is 5.59. The van der Waals surface area contributed by atoms with Crippen molar-refractivity contribution in [2.45, 2.75) is 19.0 Å². The van der Waals surface area contributed by atoms with E-state index in [1.807, 2.05) is 0 Å². The minimum absolute atomic E-state index is 0.205. The largest absolute Gasteiger partial charge is 0.370 e. The van der Waals surface area contributed by atoms with Crippen LogP contribution in [0.25, 0.3) is 0 Å². The van der Waals surface area contributed by atoms with Gasteiger partial charge in [-0.3, -0.25) is 9.59 Å². The second kappa shape index (κ2) is 4.89. The zero-order chi connectivity index (χ0) is 14.2. The first-order valence-corrected chi connectivity index (χ1v) is 5.97. The Morgan fingerprint density at radius 2 is 1.84 bits per heavy atom. The Morgan fingerprint density at radius 3 is 2.32 bits per heavy atom. The molecule has 19 heavy (non-hydrogen) atoms. The molecule has 2 atom stereocenters. The van der Waals surface area contributed by atoms with Crippen molar-refractivity contribution in [2.75, 3.05) is 0 Å². The number of hydrogen-bond donors (Lipinski definition) is 2. The SMILES string of the molecule is CC(=O)N1C(C(=O)N=C(N)N)C1c1ccc(Cl)cc1. The molecule has 7 heteroatoms. The molecule has 0 spiro atoms. The van der Waals surface area contributed by atoms with E-state index in [0.717, 1.165) is 5.56 Å². The number of guanidine groups is 1. The molecule has 0 saturated carbocycles. The molecule has 100 valence electrons. The van der Waals surface area contributed by atoms with Gasteiger partial charge in [0, 0.05) is 11.9 Å². The van der Waals surface area contributed by atoms with Gasteiger partial charge >= 0.3 is 0 Å². The van der Waals surface area contributed by atoms with Crippen LogP contribution in [-0.2, 0) is 9.59 Å².